The first-order valence-corrected chi connectivity index (χ1v) is 6.83. The third-order valence-electron chi connectivity index (χ3n) is 2.50. The van der Waals surface area contributed by atoms with E-state index in [2.05, 4.69) is 10.6 Å². The van der Waals surface area contributed by atoms with E-state index in [0.717, 1.165) is 5.56 Å². The second kappa shape index (κ2) is 8.55. The Balaban J connectivity index is 2.28. The van der Waals surface area contributed by atoms with Crippen LogP contribution in [0.15, 0.2) is 18.2 Å². The van der Waals surface area contributed by atoms with Crippen LogP contribution < -0.4 is 10.6 Å². The van der Waals surface area contributed by atoms with Gasteiger partial charge in [0.05, 0.1) is 30.3 Å². The number of nitrogens with one attached hydrogen (secondary N) is 2. The van der Waals surface area contributed by atoms with Crippen molar-refractivity contribution < 1.29 is 14.3 Å². The van der Waals surface area contributed by atoms with Gasteiger partial charge in [-0.05, 0) is 31.5 Å². The van der Waals surface area contributed by atoms with Crippen LogP contribution in [0.1, 0.15) is 18.9 Å². The molecule has 6 heteroatoms. The molecule has 20 heavy (non-hydrogen) atoms. The topological polar surface area (TPSA) is 67.4 Å². The van der Waals surface area contributed by atoms with Crippen LogP contribution >= 0.6 is 11.6 Å². The number of halogens is 1. The molecule has 1 rings (SSSR count). The van der Waals surface area contributed by atoms with Crippen molar-refractivity contribution in [1.82, 2.24) is 5.32 Å². The zero-order chi connectivity index (χ0) is 15.0. The van der Waals surface area contributed by atoms with Gasteiger partial charge in [0.1, 0.15) is 0 Å². The Bertz CT molecular complexity index is 477. The van der Waals surface area contributed by atoms with Gasteiger partial charge in [0, 0.05) is 6.54 Å². The van der Waals surface area contributed by atoms with Gasteiger partial charge in [0.2, 0.25) is 5.91 Å². The molecule has 0 aromatic heterocycles. The fourth-order valence-electron chi connectivity index (χ4n) is 1.54. The largest absolute Gasteiger partial charge is 0.466 e. The van der Waals surface area contributed by atoms with Gasteiger partial charge >= 0.3 is 5.97 Å². The SMILES string of the molecule is CCOC(=O)CCNCC(=O)Nc1ccc(C)cc1Cl. The number of carbonyl (C=O) groups excluding carboxylic acids is 2. The van der Waals surface area contributed by atoms with Gasteiger partial charge in [0.15, 0.2) is 0 Å². The van der Waals surface area contributed by atoms with E-state index in [4.69, 9.17) is 16.3 Å². The Kier molecular flexibility index (Phi) is 7.04. The molecule has 2 N–H and O–H groups in total. The standard InChI is InChI=1S/C14H19ClN2O3/c1-3-20-14(19)6-7-16-9-13(18)17-12-5-4-10(2)8-11(12)15/h4-5,8,16H,3,6-7,9H2,1-2H3,(H,17,18). The lowest BCUT2D eigenvalue weighted by Gasteiger charge is -2.08. The van der Waals surface area contributed by atoms with Gasteiger partial charge in [0.25, 0.3) is 0 Å². The molecule has 0 saturated heterocycles. The highest BCUT2D eigenvalue weighted by Gasteiger charge is 2.06. The number of esters is 1. The van der Waals surface area contributed by atoms with Crippen LogP contribution in [0.3, 0.4) is 0 Å². The average molecular weight is 299 g/mol. The van der Waals surface area contributed by atoms with Crippen LogP contribution in [-0.4, -0.2) is 31.6 Å². The Morgan fingerprint density at radius 1 is 1.35 bits per heavy atom. The van der Waals surface area contributed by atoms with Crippen LogP contribution in [0.25, 0.3) is 0 Å². The number of benzene rings is 1. The molecule has 5 nitrogen and oxygen atoms in total. The number of rotatable bonds is 7. The summed E-state index contributed by atoms with van der Waals surface area (Å²) in [5.74, 6) is -0.485. The van der Waals surface area contributed by atoms with E-state index in [0.29, 0.717) is 23.9 Å². The molecule has 0 unspecified atom stereocenters. The average Bonchev–Trinajstić information content (AvgIpc) is 2.38. The van der Waals surface area contributed by atoms with Crippen molar-refractivity contribution in [2.75, 3.05) is 25.0 Å². The first-order chi connectivity index (χ1) is 9.52. The van der Waals surface area contributed by atoms with E-state index in [-0.39, 0.29) is 24.8 Å². The third kappa shape index (κ3) is 6.04. The summed E-state index contributed by atoms with van der Waals surface area (Å²) < 4.78 is 4.77. The van der Waals surface area contributed by atoms with Gasteiger partial charge in [-0.25, -0.2) is 0 Å². The molecule has 0 atom stereocenters. The fourth-order valence-corrected chi connectivity index (χ4v) is 1.82. The molecule has 0 bridgehead atoms. The van der Waals surface area contributed by atoms with Crippen molar-refractivity contribution in [3.05, 3.63) is 28.8 Å². The minimum Gasteiger partial charge on any atom is -0.466 e. The molecule has 0 aliphatic rings. The van der Waals surface area contributed by atoms with Crippen molar-refractivity contribution in [3.8, 4) is 0 Å². The minimum atomic E-state index is -0.276. The number of aryl methyl sites for hydroxylation is 1. The molecule has 0 fully saturated rings. The molecule has 0 spiro atoms. The summed E-state index contributed by atoms with van der Waals surface area (Å²) in [5, 5.41) is 6.08. The van der Waals surface area contributed by atoms with E-state index in [9.17, 15) is 9.59 Å². The predicted octanol–water partition coefficient (Wildman–Crippen LogP) is 2.13. The first kappa shape index (κ1) is 16.5. The molecule has 0 radical (unpaired) electrons. The van der Waals surface area contributed by atoms with E-state index >= 15 is 0 Å². The smallest absolute Gasteiger partial charge is 0.307 e. The molecular formula is C14H19ClN2O3. The summed E-state index contributed by atoms with van der Waals surface area (Å²) in [7, 11) is 0. The second-order valence-corrected chi connectivity index (χ2v) is 4.67. The van der Waals surface area contributed by atoms with Crippen LogP contribution in [0.4, 0.5) is 5.69 Å². The zero-order valence-electron chi connectivity index (χ0n) is 11.7. The Morgan fingerprint density at radius 2 is 2.10 bits per heavy atom. The monoisotopic (exact) mass is 298 g/mol. The summed E-state index contributed by atoms with van der Waals surface area (Å²) in [6, 6.07) is 5.41. The molecule has 0 aliphatic carbocycles. The van der Waals surface area contributed by atoms with Crippen LogP contribution in [-0.2, 0) is 14.3 Å². The van der Waals surface area contributed by atoms with Crippen molar-refractivity contribution in [2.24, 2.45) is 0 Å². The van der Waals surface area contributed by atoms with Gasteiger partial charge < -0.3 is 15.4 Å². The Morgan fingerprint density at radius 3 is 2.75 bits per heavy atom. The van der Waals surface area contributed by atoms with Crippen molar-refractivity contribution in [3.63, 3.8) is 0 Å². The fraction of sp³-hybridized carbons (Fsp3) is 0.429. The van der Waals surface area contributed by atoms with Crippen molar-refractivity contribution in [1.29, 1.82) is 0 Å². The molecule has 1 aromatic carbocycles. The molecule has 0 aliphatic heterocycles. The maximum atomic E-state index is 11.7. The number of amides is 1. The van der Waals surface area contributed by atoms with Crippen molar-refractivity contribution >= 4 is 29.2 Å². The highest BCUT2D eigenvalue weighted by Crippen LogP contribution is 2.22. The lowest BCUT2D eigenvalue weighted by molar-refractivity contribution is -0.143. The summed E-state index contributed by atoms with van der Waals surface area (Å²) in [6.45, 7) is 4.56. The van der Waals surface area contributed by atoms with Crippen LogP contribution in [0.5, 0.6) is 0 Å². The summed E-state index contributed by atoms with van der Waals surface area (Å²) >= 11 is 6.01. The zero-order valence-corrected chi connectivity index (χ0v) is 12.4. The lowest BCUT2D eigenvalue weighted by Crippen LogP contribution is -2.30. The number of hydrogen-bond acceptors (Lipinski definition) is 4. The quantitative estimate of drug-likeness (QED) is 0.598. The number of anilines is 1. The lowest BCUT2D eigenvalue weighted by atomic mass is 10.2. The first-order valence-electron chi connectivity index (χ1n) is 6.45. The van der Waals surface area contributed by atoms with Gasteiger partial charge in [-0.2, -0.15) is 0 Å². The highest BCUT2D eigenvalue weighted by molar-refractivity contribution is 6.33. The molecule has 1 aromatic rings. The third-order valence-corrected chi connectivity index (χ3v) is 2.81. The number of carbonyl (C=O) groups is 2. The molecular weight excluding hydrogens is 280 g/mol. The Labute approximate surface area is 123 Å². The minimum absolute atomic E-state index is 0.115. The summed E-state index contributed by atoms with van der Waals surface area (Å²) in [6.07, 6.45) is 0.242. The van der Waals surface area contributed by atoms with Crippen LogP contribution in [0, 0.1) is 6.92 Å². The molecule has 110 valence electrons. The summed E-state index contributed by atoms with van der Waals surface area (Å²) in [5.41, 5.74) is 1.61. The van der Waals surface area contributed by atoms with Gasteiger partial charge in [-0.15, -0.1) is 0 Å². The van der Waals surface area contributed by atoms with Crippen LogP contribution in [0.2, 0.25) is 5.02 Å². The molecule has 0 heterocycles. The molecule has 1 amide bonds. The maximum absolute atomic E-state index is 11.7. The van der Waals surface area contributed by atoms with E-state index in [1.165, 1.54) is 0 Å². The van der Waals surface area contributed by atoms with E-state index in [1.54, 1.807) is 19.1 Å². The normalized spacial score (nSPS) is 10.2. The van der Waals surface area contributed by atoms with Crippen molar-refractivity contribution in [2.45, 2.75) is 20.3 Å². The molecule has 0 saturated carbocycles. The number of hydrogen-bond donors (Lipinski definition) is 2. The van der Waals surface area contributed by atoms with Gasteiger partial charge in [-0.1, -0.05) is 17.7 Å². The number of ether oxygens (including phenoxy) is 1. The second-order valence-electron chi connectivity index (χ2n) is 4.26. The van der Waals surface area contributed by atoms with Gasteiger partial charge in [-0.3, -0.25) is 9.59 Å². The highest BCUT2D eigenvalue weighted by atomic mass is 35.5. The van der Waals surface area contributed by atoms with E-state index in [1.807, 2.05) is 13.0 Å². The van der Waals surface area contributed by atoms with E-state index < -0.39 is 0 Å². The maximum Gasteiger partial charge on any atom is 0.307 e. The predicted molar refractivity (Wildman–Crippen MR) is 78.9 cm³/mol. The summed E-state index contributed by atoms with van der Waals surface area (Å²) in [4.78, 5) is 22.7. The Hall–Kier alpha value is -1.59.